The minimum absolute atomic E-state index is 0.0743. The number of likely N-dealkylation sites (tertiary alicyclic amines) is 1. The first-order chi connectivity index (χ1) is 14.3. The Balaban J connectivity index is 1.32. The van der Waals surface area contributed by atoms with Crippen molar-refractivity contribution in [2.24, 2.45) is 0 Å². The lowest BCUT2D eigenvalue weighted by atomic mass is 9.89. The summed E-state index contributed by atoms with van der Waals surface area (Å²) in [6, 6.07) is 26.2. The third kappa shape index (κ3) is 3.64. The molecule has 2 aliphatic heterocycles. The van der Waals surface area contributed by atoms with E-state index in [0.29, 0.717) is 26.3 Å². The van der Waals surface area contributed by atoms with Gasteiger partial charge in [0, 0.05) is 13.1 Å². The maximum absolute atomic E-state index is 13.1. The molecular formula is C25H23NO3. The van der Waals surface area contributed by atoms with Gasteiger partial charge in [-0.3, -0.25) is 4.79 Å². The third-order valence-electron chi connectivity index (χ3n) is 5.72. The van der Waals surface area contributed by atoms with Crippen molar-refractivity contribution in [2.75, 3.05) is 6.54 Å². The van der Waals surface area contributed by atoms with Gasteiger partial charge in [0.25, 0.3) is 0 Å². The van der Waals surface area contributed by atoms with Crippen molar-refractivity contribution in [1.29, 1.82) is 0 Å². The summed E-state index contributed by atoms with van der Waals surface area (Å²) in [5, 5.41) is 0. The lowest BCUT2D eigenvalue weighted by Crippen LogP contribution is -2.28. The van der Waals surface area contributed by atoms with Crippen molar-refractivity contribution in [3.05, 3.63) is 101 Å². The molecular weight excluding hydrogens is 362 g/mol. The molecule has 2 aliphatic rings. The van der Waals surface area contributed by atoms with Crippen molar-refractivity contribution in [1.82, 2.24) is 4.90 Å². The number of nitrogens with zero attached hydrogens (tertiary/aromatic N) is 1. The quantitative estimate of drug-likeness (QED) is 0.658. The van der Waals surface area contributed by atoms with Crippen molar-refractivity contribution in [3.8, 4) is 5.75 Å². The molecule has 1 saturated heterocycles. The van der Waals surface area contributed by atoms with Crippen molar-refractivity contribution in [2.45, 2.75) is 31.8 Å². The maximum atomic E-state index is 13.1. The van der Waals surface area contributed by atoms with Crippen LogP contribution in [-0.4, -0.2) is 23.5 Å². The Morgan fingerprint density at radius 1 is 0.931 bits per heavy atom. The Hall–Kier alpha value is -3.11. The number of carbonyl (C=O) groups excluding carboxylic acids is 1. The number of hydrogen-bond donors (Lipinski definition) is 0. The fraction of sp³-hybridized carbons (Fsp3) is 0.240. The summed E-state index contributed by atoms with van der Waals surface area (Å²) in [5.41, 5.74) is 4.40. The van der Waals surface area contributed by atoms with E-state index in [2.05, 4.69) is 12.1 Å². The Kier molecular flexibility index (Phi) is 4.78. The summed E-state index contributed by atoms with van der Waals surface area (Å²) in [4.78, 5) is 15.0. The molecule has 0 aromatic heterocycles. The van der Waals surface area contributed by atoms with E-state index in [9.17, 15) is 4.79 Å². The van der Waals surface area contributed by atoms with Crippen LogP contribution in [0.2, 0.25) is 0 Å². The van der Waals surface area contributed by atoms with Crippen molar-refractivity contribution >= 4 is 5.91 Å². The summed E-state index contributed by atoms with van der Waals surface area (Å²) < 4.78 is 12.0. The molecule has 0 bridgehead atoms. The van der Waals surface area contributed by atoms with Crippen LogP contribution in [0.15, 0.2) is 78.9 Å². The van der Waals surface area contributed by atoms with E-state index in [0.717, 1.165) is 28.0 Å². The second kappa shape index (κ2) is 7.72. The molecule has 146 valence electrons. The standard InChI is InChI=1S/C25H23NO3/c27-25-24-22-12-11-21(28-16-19-9-5-2-6-10-19)13-20(22)17-29-23(24)15-26(25)14-18-7-3-1-4-8-18/h1-13,23-24H,14-17H2/t23-,24+/m0/s1. The highest BCUT2D eigenvalue weighted by Gasteiger charge is 2.45. The number of hydrogen-bond acceptors (Lipinski definition) is 3. The lowest BCUT2D eigenvalue weighted by Gasteiger charge is -2.26. The van der Waals surface area contributed by atoms with Crippen LogP contribution in [0.25, 0.3) is 0 Å². The Morgan fingerprint density at radius 3 is 2.41 bits per heavy atom. The highest BCUT2D eigenvalue weighted by Crippen LogP contribution is 2.39. The van der Waals surface area contributed by atoms with E-state index in [4.69, 9.17) is 9.47 Å². The molecule has 4 nitrogen and oxygen atoms in total. The van der Waals surface area contributed by atoms with E-state index < -0.39 is 0 Å². The molecule has 3 aromatic rings. The van der Waals surface area contributed by atoms with Gasteiger partial charge in [-0.05, 0) is 34.4 Å². The summed E-state index contributed by atoms with van der Waals surface area (Å²) in [6.45, 7) is 2.32. The van der Waals surface area contributed by atoms with Crippen LogP contribution in [-0.2, 0) is 29.3 Å². The molecule has 0 unspecified atom stereocenters. The van der Waals surface area contributed by atoms with Gasteiger partial charge in [-0.1, -0.05) is 66.7 Å². The van der Waals surface area contributed by atoms with Gasteiger partial charge in [-0.15, -0.1) is 0 Å². The first-order valence-corrected chi connectivity index (χ1v) is 10.0. The van der Waals surface area contributed by atoms with E-state index in [1.54, 1.807) is 0 Å². The van der Waals surface area contributed by atoms with Gasteiger partial charge in [0.1, 0.15) is 12.4 Å². The SMILES string of the molecule is O=C1[C@@H]2c3ccc(OCc4ccccc4)cc3CO[C@H]2CN1Cc1ccccc1. The summed E-state index contributed by atoms with van der Waals surface area (Å²) in [7, 11) is 0. The number of rotatable bonds is 5. The molecule has 2 heterocycles. The lowest BCUT2D eigenvalue weighted by molar-refractivity contribution is -0.130. The molecule has 1 fully saturated rings. The van der Waals surface area contributed by atoms with E-state index in [1.807, 2.05) is 71.6 Å². The first kappa shape index (κ1) is 18.0. The molecule has 4 heteroatoms. The monoisotopic (exact) mass is 385 g/mol. The summed E-state index contributed by atoms with van der Waals surface area (Å²) >= 11 is 0. The van der Waals surface area contributed by atoms with E-state index in [1.165, 1.54) is 0 Å². The molecule has 0 spiro atoms. The van der Waals surface area contributed by atoms with Gasteiger partial charge in [0.15, 0.2) is 0 Å². The fourth-order valence-electron chi connectivity index (χ4n) is 4.23. The number of carbonyl (C=O) groups is 1. The number of benzene rings is 3. The highest BCUT2D eigenvalue weighted by molar-refractivity contribution is 5.87. The fourth-order valence-corrected chi connectivity index (χ4v) is 4.23. The summed E-state index contributed by atoms with van der Waals surface area (Å²) in [6.07, 6.45) is -0.0743. The van der Waals surface area contributed by atoms with Crippen LogP contribution in [0.1, 0.15) is 28.2 Å². The predicted molar refractivity (Wildman–Crippen MR) is 110 cm³/mol. The molecule has 0 radical (unpaired) electrons. The molecule has 5 rings (SSSR count). The van der Waals surface area contributed by atoms with Crippen LogP contribution < -0.4 is 4.74 Å². The largest absolute Gasteiger partial charge is 0.489 e. The molecule has 0 aliphatic carbocycles. The smallest absolute Gasteiger partial charge is 0.233 e. The highest BCUT2D eigenvalue weighted by atomic mass is 16.5. The molecule has 29 heavy (non-hydrogen) atoms. The van der Waals surface area contributed by atoms with Gasteiger partial charge >= 0.3 is 0 Å². The zero-order valence-electron chi connectivity index (χ0n) is 16.2. The average Bonchev–Trinajstić information content (AvgIpc) is 3.09. The van der Waals surface area contributed by atoms with Gasteiger partial charge in [0.2, 0.25) is 5.91 Å². The second-order valence-corrected chi connectivity index (χ2v) is 7.67. The predicted octanol–water partition coefficient (Wildman–Crippen LogP) is 4.29. The number of fused-ring (bicyclic) bond motifs is 3. The van der Waals surface area contributed by atoms with Crippen LogP contribution in [0.5, 0.6) is 5.75 Å². The van der Waals surface area contributed by atoms with Crippen molar-refractivity contribution in [3.63, 3.8) is 0 Å². The third-order valence-corrected chi connectivity index (χ3v) is 5.72. The van der Waals surface area contributed by atoms with Gasteiger partial charge in [0.05, 0.1) is 18.6 Å². The van der Waals surface area contributed by atoms with Crippen LogP contribution in [0.4, 0.5) is 0 Å². The Bertz CT molecular complexity index is 1000. The zero-order chi connectivity index (χ0) is 19.6. The second-order valence-electron chi connectivity index (χ2n) is 7.67. The van der Waals surface area contributed by atoms with E-state index >= 15 is 0 Å². The van der Waals surface area contributed by atoms with Crippen LogP contribution in [0, 0.1) is 0 Å². The topological polar surface area (TPSA) is 38.8 Å². The Labute approximate surface area is 170 Å². The Morgan fingerprint density at radius 2 is 1.66 bits per heavy atom. The number of amides is 1. The minimum atomic E-state index is -0.217. The maximum Gasteiger partial charge on any atom is 0.233 e. The molecule has 0 saturated carbocycles. The van der Waals surface area contributed by atoms with Gasteiger partial charge in [-0.25, -0.2) is 0 Å². The first-order valence-electron chi connectivity index (χ1n) is 10.0. The zero-order valence-corrected chi connectivity index (χ0v) is 16.2. The molecule has 1 amide bonds. The number of ether oxygens (including phenoxy) is 2. The van der Waals surface area contributed by atoms with Crippen molar-refractivity contribution < 1.29 is 14.3 Å². The summed E-state index contributed by atoms with van der Waals surface area (Å²) in [5.74, 6) is 0.740. The van der Waals surface area contributed by atoms with Crippen LogP contribution >= 0.6 is 0 Å². The molecule has 2 atom stereocenters. The molecule has 0 N–H and O–H groups in total. The average molecular weight is 385 g/mol. The molecule has 3 aromatic carbocycles. The van der Waals surface area contributed by atoms with E-state index in [-0.39, 0.29) is 17.9 Å². The van der Waals surface area contributed by atoms with Crippen LogP contribution in [0.3, 0.4) is 0 Å². The van der Waals surface area contributed by atoms with Gasteiger partial charge < -0.3 is 14.4 Å². The minimum Gasteiger partial charge on any atom is -0.489 e. The normalized spacial score (nSPS) is 20.3. The van der Waals surface area contributed by atoms with Gasteiger partial charge in [-0.2, -0.15) is 0 Å².